The van der Waals surface area contributed by atoms with E-state index < -0.39 is 23.6 Å². The molecule has 1 N–H and O–H groups in total. The molecule has 1 aromatic heterocycles. The minimum absolute atomic E-state index is 0.0644. The predicted molar refractivity (Wildman–Crippen MR) is 173 cm³/mol. The second-order valence-electron chi connectivity index (χ2n) is 11.0. The van der Waals surface area contributed by atoms with Gasteiger partial charge in [0.15, 0.2) is 0 Å². The highest BCUT2D eigenvalue weighted by Gasteiger charge is 2.41. The van der Waals surface area contributed by atoms with Crippen molar-refractivity contribution in [2.24, 2.45) is 5.92 Å². The number of carbonyl (C=O) groups is 4. The topological polar surface area (TPSA) is 109 Å². The van der Waals surface area contributed by atoms with Crippen LogP contribution in [-0.2, 0) is 20.9 Å². The number of ether oxygens (including phenoxy) is 1. The Morgan fingerprint density at radius 1 is 1.02 bits per heavy atom. The van der Waals surface area contributed by atoms with Crippen molar-refractivity contribution in [3.05, 3.63) is 107 Å². The summed E-state index contributed by atoms with van der Waals surface area (Å²) >= 11 is 1.41. The van der Waals surface area contributed by atoms with E-state index in [4.69, 9.17) is 9.72 Å². The first-order chi connectivity index (χ1) is 21.9. The van der Waals surface area contributed by atoms with Gasteiger partial charge in [0.05, 0.1) is 30.6 Å². The number of hydrogen-bond acceptors (Lipinski definition) is 7. The first-order valence-electron chi connectivity index (χ1n) is 14.8. The van der Waals surface area contributed by atoms with Crippen molar-refractivity contribution in [2.75, 3.05) is 23.9 Å². The number of carbonyl (C=O) groups excluding carboxylic acids is 4. The molecule has 1 aliphatic heterocycles. The van der Waals surface area contributed by atoms with Crippen LogP contribution in [0.15, 0.2) is 96.4 Å². The number of aromatic nitrogens is 1. The van der Waals surface area contributed by atoms with E-state index >= 15 is 0 Å². The first kappa shape index (κ1) is 30.0. The standard InChI is InChI=1S/C35H32N4O5S/c1-44-26-18-16-25(17-19-26)36-34(42)32(24-12-6-3-7-13-24)39(20-30-37-28(22-45-30)23-10-4-2-5-11-23)31(40)21-38-29-15-9-8-14-27(29)33(41)35(38)43/h2-6,8-11,14-19,22,24,32H,7,12-13,20-21H2,1H3,(H,36,42)/t24-,32+/m0/s1. The molecular weight excluding hydrogens is 588 g/mol. The van der Waals surface area contributed by atoms with E-state index in [9.17, 15) is 19.2 Å². The van der Waals surface area contributed by atoms with Gasteiger partial charge < -0.3 is 15.0 Å². The van der Waals surface area contributed by atoms with Crippen molar-refractivity contribution in [2.45, 2.75) is 31.8 Å². The zero-order chi connectivity index (χ0) is 31.3. The van der Waals surface area contributed by atoms with Crippen LogP contribution >= 0.6 is 11.3 Å². The fourth-order valence-corrected chi connectivity index (χ4v) is 6.65. The summed E-state index contributed by atoms with van der Waals surface area (Å²) in [6.45, 7) is -0.317. The summed E-state index contributed by atoms with van der Waals surface area (Å²) in [4.78, 5) is 61.8. The number of nitrogens with zero attached hydrogens (tertiary/aromatic N) is 3. The molecule has 2 atom stereocenters. The lowest BCUT2D eigenvalue weighted by Gasteiger charge is -2.37. The van der Waals surface area contributed by atoms with Gasteiger partial charge in [-0.15, -0.1) is 11.3 Å². The molecule has 6 rings (SSSR count). The Labute approximate surface area is 265 Å². The Morgan fingerprint density at radius 2 is 1.78 bits per heavy atom. The van der Waals surface area contributed by atoms with E-state index in [1.165, 1.54) is 21.1 Å². The van der Waals surface area contributed by atoms with E-state index in [2.05, 4.69) is 11.4 Å². The second-order valence-corrected chi connectivity index (χ2v) is 11.9. The maximum atomic E-state index is 14.3. The number of thiazole rings is 1. The summed E-state index contributed by atoms with van der Waals surface area (Å²) in [6.07, 6.45) is 6.22. The number of nitrogens with one attached hydrogen (secondary N) is 1. The van der Waals surface area contributed by atoms with Gasteiger partial charge in [-0.3, -0.25) is 24.1 Å². The number of Topliss-reactive ketones (excluding diaryl/α,β-unsaturated/α-hetero) is 1. The highest BCUT2D eigenvalue weighted by atomic mass is 32.1. The van der Waals surface area contributed by atoms with Gasteiger partial charge >= 0.3 is 0 Å². The lowest BCUT2D eigenvalue weighted by Crippen LogP contribution is -2.54. The van der Waals surface area contributed by atoms with Crippen molar-refractivity contribution in [3.63, 3.8) is 0 Å². The van der Waals surface area contributed by atoms with Gasteiger partial charge in [-0.2, -0.15) is 0 Å². The summed E-state index contributed by atoms with van der Waals surface area (Å²) in [5.74, 6) is -1.71. The SMILES string of the molecule is COc1ccc(NC(=O)[C@@H]([C@H]2CC=CCC2)N(Cc2nc(-c3ccccc3)cs2)C(=O)CN2C(=O)C(=O)c3ccccc32)cc1. The number of para-hydroxylation sites is 1. The van der Waals surface area contributed by atoms with Gasteiger partial charge in [-0.25, -0.2) is 4.98 Å². The normalized spacial score (nSPS) is 16.3. The summed E-state index contributed by atoms with van der Waals surface area (Å²) in [7, 11) is 1.57. The molecule has 1 aliphatic carbocycles. The molecule has 0 bridgehead atoms. The quantitative estimate of drug-likeness (QED) is 0.179. The maximum absolute atomic E-state index is 14.3. The molecule has 2 heterocycles. The highest BCUT2D eigenvalue weighted by molar-refractivity contribution is 7.09. The molecule has 3 aromatic carbocycles. The van der Waals surface area contributed by atoms with E-state index in [0.717, 1.165) is 17.7 Å². The lowest BCUT2D eigenvalue weighted by molar-refractivity contribution is -0.140. The number of fused-ring (bicyclic) bond motifs is 1. The molecule has 0 fully saturated rings. The number of rotatable bonds is 10. The van der Waals surface area contributed by atoms with Crippen LogP contribution in [-0.4, -0.2) is 53.1 Å². The smallest absolute Gasteiger partial charge is 0.299 e. The fraction of sp³-hybridized carbons (Fsp3) is 0.229. The Kier molecular flexibility index (Phi) is 8.84. The predicted octanol–water partition coefficient (Wildman–Crippen LogP) is 5.74. The van der Waals surface area contributed by atoms with Crippen LogP contribution in [0.1, 0.15) is 34.6 Å². The largest absolute Gasteiger partial charge is 0.497 e. The van der Waals surface area contributed by atoms with E-state index in [1.807, 2.05) is 41.8 Å². The number of allylic oxidation sites excluding steroid dienone is 2. The molecule has 3 amide bonds. The second kappa shape index (κ2) is 13.3. The number of ketones is 1. The van der Waals surface area contributed by atoms with E-state index in [-0.39, 0.29) is 30.5 Å². The van der Waals surface area contributed by atoms with Crippen molar-refractivity contribution in [1.29, 1.82) is 0 Å². The van der Waals surface area contributed by atoms with Crippen LogP contribution in [0.2, 0.25) is 0 Å². The highest BCUT2D eigenvalue weighted by Crippen LogP contribution is 2.32. The Hall–Kier alpha value is -5.09. The Balaban J connectivity index is 1.35. The van der Waals surface area contributed by atoms with E-state index in [1.54, 1.807) is 55.6 Å². The first-order valence-corrected chi connectivity index (χ1v) is 15.7. The third kappa shape index (κ3) is 6.41. The zero-order valence-electron chi connectivity index (χ0n) is 24.7. The molecule has 0 spiro atoms. The minimum Gasteiger partial charge on any atom is -0.497 e. The summed E-state index contributed by atoms with van der Waals surface area (Å²) in [5.41, 5.74) is 2.94. The van der Waals surface area contributed by atoms with Gasteiger partial charge in [0.1, 0.15) is 23.3 Å². The Morgan fingerprint density at radius 3 is 2.51 bits per heavy atom. The number of benzene rings is 3. The molecule has 0 saturated carbocycles. The molecule has 9 nitrogen and oxygen atoms in total. The number of amides is 3. The molecule has 4 aromatic rings. The molecule has 45 heavy (non-hydrogen) atoms. The molecule has 2 aliphatic rings. The van der Waals surface area contributed by atoms with Gasteiger partial charge in [0.2, 0.25) is 11.8 Å². The number of hydrogen-bond donors (Lipinski definition) is 1. The number of methoxy groups -OCH3 is 1. The Bertz CT molecular complexity index is 1750. The van der Waals surface area contributed by atoms with Crippen LogP contribution in [0.3, 0.4) is 0 Å². The maximum Gasteiger partial charge on any atom is 0.299 e. The fourth-order valence-electron chi connectivity index (χ4n) is 5.85. The average molecular weight is 621 g/mol. The third-order valence-corrected chi connectivity index (χ3v) is 8.97. The summed E-state index contributed by atoms with van der Waals surface area (Å²) in [5, 5.41) is 5.59. The zero-order valence-corrected chi connectivity index (χ0v) is 25.5. The van der Waals surface area contributed by atoms with Crippen LogP contribution in [0.4, 0.5) is 11.4 Å². The molecule has 10 heteroatoms. The molecule has 0 unspecified atom stereocenters. The van der Waals surface area contributed by atoms with Crippen molar-refractivity contribution >= 4 is 46.2 Å². The monoisotopic (exact) mass is 620 g/mol. The molecule has 228 valence electrons. The van der Waals surface area contributed by atoms with Gasteiger partial charge in [0.25, 0.3) is 11.7 Å². The molecular formula is C35H32N4O5S. The van der Waals surface area contributed by atoms with Gasteiger partial charge in [-0.05, 0) is 61.6 Å². The third-order valence-electron chi connectivity index (χ3n) is 8.14. The van der Waals surface area contributed by atoms with Gasteiger partial charge in [0, 0.05) is 16.6 Å². The lowest BCUT2D eigenvalue weighted by atomic mass is 9.86. The minimum atomic E-state index is -0.864. The van der Waals surface area contributed by atoms with Crippen LogP contribution in [0, 0.1) is 5.92 Å². The molecule has 0 saturated heterocycles. The average Bonchev–Trinajstić information content (AvgIpc) is 3.64. The summed E-state index contributed by atoms with van der Waals surface area (Å²) < 4.78 is 5.26. The van der Waals surface area contributed by atoms with Crippen molar-refractivity contribution in [3.8, 4) is 17.0 Å². The van der Waals surface area contributed by atoms with Gasteiger partial charge in [-0.1, -0.05) is 54.6 Å². The van der Waals surface area contributed by atoms with Crippen molar-refractivity contribution in [1.82, 2.24) is 9.88 Å². The summed E-state index contributed by atoms with van der Waals surface area (Å²) in [6, 6.07) is 22.5. The van der Waals surface area contributed by atoms with E-state index in [0.29, 0.717) is 35.0 Å². The van der Waals surface area contributed by atoms with Crippen LogP contribution in [0.25, 0.3) is 11.3 Å². The van der Waals surface area contributed by atoms with Crippen LogP contribution in [0.5, 0.6) is 5.75 Å². The number of anilines is 2. The van der Waals surface area contributed by atoms with Crippen LogP contribution < -0.4 is 15.0 Å². The molecule has 0 radical (unpaired) electrons. The van der Waals surface area contributed by atoms with Crippen molar-refractivity contribution < 1.29 is 23.9 Å².